The number of hydrogen-bond donors (Lipinski definition) is 3. The average molecular weight is 149 g/mol. The first-order valence-electron chi connectivity index (χ1n) is 3.06. The van der Waals surface area contributed by atoms with Crippen molar-refractivity contribution in [2.45, 2.75) is 13.2 Å². The summed E-state index contributed by atoms with van der Waals surface area (Å²) in [6.45, 7) is 2.15. The maximum absolute atomic E-state index is 8.94. The zero-order valence-corrected chi connectivity index (χ0v) is 5.67. The fourth-order valence-electron chi connectivity index (χ4n) is 0.881. The van der Waals surface area contributed by atoms with Gasteiger partial charge in [0.05, 0.1) is 6.54 Å². The highest BCUT2D eigenvalue weighted by molar-refractivity contribution is 4.57. The Hall–Kier alpha value is -0.240. The Morgan fingerprint density at radius 3 is 2.30 bits per heavy atom. The molecule has 0 aromatic carbocycles. The number of β-amino-alcohol motifs (C(OH)–C–C–N with tert-alkyl or cyclic N) is 1. The van der Waals surface area contributed by atoms with Gasteiger partial charge in [0.1, 0.15) is 0 Å². The van der Waals surface area contributed by atoms with Crippen LogP contribution in [0.15, 0.2) is 0 Å². The monoisotopic (exact) mass is 149 g/mol. The van der Waals surface area contributed by atoms with Crippen LogP contribution in [0.25, 0.3) is 0 Å². The lowest BCUT2D eigenvalue weighted by molar-refractivity contribution is -0.367. The van der Waals surface area contributed by atoms with E-state index in [1.54, 1.807) is 6.92 Å². The quantitative estimate of drug-likeness (QED) is 0.437. The van der Waals surface area contributed by atoms with Crippen molar-refractivity contribution in [3.8, 4) is 0 Å². The van der Waals surface area contributed by atoms with E-state index in [0.717, 1.165) is 10.3 Å². The second kappa shape index (κ2) is 2.79. The van der Waals surface area contributed by atoms with Crippen LogP contribution in [-0.4, -0.2) is 50.3 Å². The molecule has 0 bridgehead atoms. The molecule has 1 aliphatic rings. The Morgan fingerprint density at radius 1 is 1.50 bits per heavy atom. The van der Waals surface area contributed by atoms with Crippen LogP contribution in [0.2, 0.25) is 0 Å². The summed E-state index contributed by atoms with van der Waals surface area (Å²) in [5, 5.41) is 29.2. The molecule has 0 aromatic rings. The lowest BCUT2D eigenvalue weighted by Gasteiger charge is -2.23. The predicted octanol–water partition coefficient (Wildman–Crippen LogP) is -1.15. The SMILES string of the molecule is CCN1N(O)CC(O)N1O. The van der Waals surface area contributed by atoms with Crippen molar-refractivity contribution in [2.75, 3.05) is 13.1 Å². The van der Waals surface area contributed by atoms with Crippen LogP contribution in [0, 0.1) is 0 Å². The van der Waals surface area contributed by atoms with E-state index in [2.05, 4.69) is 0 Å². The van der Waals surface area contributed by atoms with E-state index in [1.807, 2.05) is 0 Å². The van der Waals surface area contributed by atoms with Crippen LogP contribution in [0.4, 0.5) is 0 Å². The molecule has 10 heavy (non-hydrogen) atoms. The van der Waals surface area contributed by atoms with Crippen molar-refractivity contribution in [2.24, 2.45) is 0 Å². The van der Waals surface area contributed by atoms with Gasteiger partial charge in [-0.05, 0) is 6.92 Å². The maximum atomic E-state index is 8.94. The van der Waals surface area contributed by atoms with Crippen molar-refractivity contribution < 1.29 is 15.5 Å². The average Bonchev–Trinajstić information content (AvgIpc) is 2.09. The molecule has 1 heterocycles. The van der Waals surface area contributed by atoms with Crippen LogP contribution in [0.1, 0.15) is 6.92 Å². The Kier molecular flexibility index (Phi) is 2.19. The molecule has 0 radical (unpaired) electrons. The van der Waals surface area contributed by atoms with Gasteiger partial charge in [0.25, 0.3) is 0 Å². The Bertz CT molecular complexity index is 122. The molecule has 6 nitrogen and oxygen atoms in total. The van der Waals surface area contributed by atoms with Crippen LogP contribution in [0.5, 0.6) is 0 Å². The van der Waals surface area contributed by atoms with E-state index >= 15 is 0 Å². The zero-order valence-electron chi connectivity index (χ0n) is 5.67. The minimum Gasteiger partial charge on any atom is -0.373 e. The highest BCUT2D eigenvalue weighted by Crippen LogP contribution is 2.11. The summed E-state index contributed by atoms with van der Waals surface area (Å²) in [6, 6.07) is 0. The third kappa shape index (κ3) is 1.12. The molecule has 1 fully saturated rings. The van der Waals surface area contributed by atoms with Gasteiger partial charge in [0, 0.05) is 6.54 Å². The molecule has 6 heteroatoms. The van der Waals surface area contributed by atoms with Gasteiger partial charge in [0.15, 0.2) is 6.23 Å². The van der Waals surface area contributed by atoms with Crippen LogP contribution < -0.4 is 0 Å². The molecule has 0 spiro atoms. The molecule has 60 valence electrons. The number of nitrogens with zero attached hydrogens (tertiary/aromatic N) is 3. The fraction of sp³-hybridized carbons (Fsp3) is 1.00. The molecule has 0 aliphatic carbocycles. The molecular weight excluding hydrogens is 138 g/mol. The van der Waals surface area contributed by atoms with Crippen molar-refractivity contribution >= 4 is 0 Å². The molecule has 1 rings (SSSR count). The molecule has 0 saturated carbocycles. The first-order chi connectivity index (χ1) is 4.66. The predicted molar refractivity (Wildman–Crippen MR) is 30.5 cm³/mol. The van der Waals surface area contributed by atoms with E-state index < -0.39 is 6.23 Å². The van der Waals surface area contributed by atoms with Gasteiger partial charge in [-0.2, -0.15) is 0 Å². The van der Waals surface area contributed by atoms with Crippen molar-refractivity contribution in [1.82, 2.24) is 15.5 Å². The second-order valence-corrected chi connectivity index (χ2v) is 2.04. The Morgan fingerprint density at radius 2 is 2.10 bits per heavy atom. The number of aliphatic hydroxyl groups is 1. The third-order valence-electron chi connectivity index (χ3n) is 1.38. The smallest absolute Gasteiger partial charge is 0.163 e. The lowest BCUT2D eigenvalue weighted by atomic mass is 10.6. The van der Waals surface area contributed by atoms with Gasteiger partial charge in [-0.15, -0.1) is 10.3 Å². The number of rotatable bonds is 1. The summed E-state index contributed by atoms with van der Waals surface area (Å²) < 4.78 is 0. The van der Waals surface area contributed by atoms with Crippen LogP contribution >= 0.6 is 0 Å². The Labute approximate surface area is 58.3 Å². The standard InChI is InChI=1S/C4H11N3O3/c1-2-5-6(9)3-4(8)7(5)10/h4,8-10H,2-3H2,1H3. The van der Waals surface area contributed by atoms with E-state index in [1.165, 1.54) is 0 Å². The normalized spacial score (nSPS) is 31.8. The summed E-state index contributed by atoms with van der Waals surface area (Å²) in [5.74, 6) is 0. The first kappa shape index (κ1) is 7.86. The van der Waals surface area contributed by atoms with Gasteiger partial charge >= 0.3 is 0 Å². The summed E-state index contributed by atoms with van der Waals surface area (Å²) in [7, 11) is 0. The van der Waals surface area contributed by atoms with Crippen molar-refractivity contribution in [3.05, 3.63) is 0 Å². The molecule has 0 aromatic heterocycles. The number of aliphatic hydroxyl groups excluding tert-OH is 1. The number of hydroxylamine groups is 2. The maximum Gasteiger partial charge on any atom is 0.163 e. The van der Waals surface area contributed by atoms with E-state index in [4.69, 9.17) is 15.5 Å². The Balaban J connectivity index is 2.55. The minimum atomic E-state index is -1.04. The topological polar surface area (TPSA) is 70.4 Å². The summed E-state index contributed by atoms with van der Waals surface area (Å²) >= 11 is 0. The van der Waals surface area contributed by atoms with Crippen molar-refractivity contribution in [3.63, 3.8) is 0 Å². The van der Waals surface area contributed by atoms with Crippen LogP contribution in [0.3, 0.4) is 0 Å². The van der Waals surface area contributed by atoms with Crippen molar-refractivity contribution in [1.29, 1.82) is 0 Å². The lowest BCUT2D eigenvalue weighted by Crippen LogP contribution is -2.42. The van der Waals surface area contributed by atoms with Gasteiger partial charge in [0.2, 0.25) is 0 Å². The van der Waals surface area contributed by atoms with E-state index in [-0.39, 0.29) is 6.54 Å². The van der Waals surface area contributed by atoms with Gasteiger partial charge in [-0.1, -0.05) is 5.17 Å². The first-order valence-corrected chi connectivity index (χ1v) is 3.06. The molecule has 1 atom stereocenters. The van der Waals surface area contributed by atoms with E-state index in [9.17, 15) is 0 Å². The fourth-order valence-corrected chi connectivity index (χ4v) is 0.881. The summed E-state index contributed by atoms with van der Waals surface area (Å²) in [6.07, 6.45) is -1.04. The van der Waals surface area contributed by atoms with E-state index in [0.29, 0.717) is 11.7 Å². The van der Waals surface area contributed by atoms with Gasteiger partial charge in [-0.25, -0.2) is 0 Å². The largest absolute Gasteiger partial charge is 0.373 e. The second-order valence-electron chi connectivity index (χ2n) is 2.04. The number of hydrazine groups is 2. The van der Waals surface area contributed by atoms with Crippen LogP contribution in [-0.2, 0) is 0 Å². The molecule has 1 saturated heterocycles. The summed E-state index contributed by atoms with van der Waals surface area (Å²) in [4.78, 5) is 0. The highest BCUT2D eigenvalue weighted by atomic mass is 16.7. The molecule has 1 unspecified atom stereocenters. The zero-order chi connectivity index (χ0) is 7.72. The molecular formula is C4H11N3O3. The third-order valence-corrected chi connectivity index (χ3v) is 1.38. The molecule has 0 amide bonds. The summed E-state index contributed by atoms with van der Waals surface area (Å²) in [5.41, 5.74) is 0. The molecule has 1 aliphatic heterocycles. The number of hydrogen-bond acceptors (Lipinski definition) is 6. The molecule has 3 N–H and O–H groups in total. The van der Waals surface area contributed by atoms with Gasteiger partial charge < -0.3 is 5.11 Å². The minimum absolute atomic E-state index is 0.00431. The highest BCUT2D eigenvalue weighted by Gasteiger charge is 2.33. The van der Waals surface area contributed by atoms with Gasteiger partial charge in [-0.3, -0.25) is 10.4 Å².